The van der Waals surface area contributed by atoms with Crippen molar-refractivity contribution in [1.29, 1.82) is 0 Å². The first-order valence-corrected chi connectivity index (χ1v) is 12.6. The molecule has 0 saturated heterocycles. The van der Waals surface area contributed by atoms with Crippen molar-refractivity contribution < 1.29 is 9.90 Å². The third kappa shape index (κ3) is 3.14. The number of aromatic nitrogens is 3. The van der Waals surface area contributed by atoms with E-state index in [2.05, 4.69) is 10.4 Å². The molecule has 0 radical (unpaired) electrons. The highest BCUT2D eigenvalue weighted by atomic mass is 35.5. The van der Waals surface area contributed by atoms with Gasteiger partial charge >= 0.3 is 0 Å². The summed E-state index contributed by atoms with van der Waals surface area (Å²) in [6.45, 7) is 3.92. The van der Waals surface area contributed by atoms with Crippen molar-refractivity contribution in [3.8, 4) is 0 Å². The smallest absolute Gasteiger partial charge is 0.291 e. The number of nitrogens with one attached hydrogen (secondary N) is 1. The minimum absolute atomic E-state index is 0.0547. The van der Waals surface area contributed by atoms with Gasteiger partial charge in [-0.3, -0.25) is 14.0 Å². The molecule has 4 aliphatic carbocycles. The fraction of sp³-hybridized carbons (Fsp3) is 0.609. The molecule has 0 spiro atoms. The normalized spacial score (nSPS) is 31.3. The predicted octanol–water partition coefficient (Wildman–Crippen LogP) is 3.69. The van der Waals surface area contributed by atoms with Crippen LogP contribution in [0.25, 0.3) is 15.7 Å². The van der Waals surface area contributed by atoms with Gasteiger partial charge in [-0.05, 0) is 62.5 Å². The number of carbonyl (C=O) groups excluding carboxylic acids is 1. The third-order valence-corrected chi connectivity index (χ3v) is 8.81. The molecule has 0 aliphatic heterocycles. The molecule has 4 saturated carbocycles. The van der Waals surface area contributed by atoms with E-state index < -0.39 is 5.60 Å². The minimum atomic E-state index is -0.644. The number of aliphatic hydroxyl groups is 1. The number of amides is 1. The Bertz CT molecular complexity index is 1310. The number of nitrogens with zero attached hydrogens (tertiary/aromatic N) is 3. The molecule has 3 aromatic rings. The van der Waals surface area contributed by atoms with Crippen LogP contribution in [0.4, 0.5) is 0 Å². The highest BCUT2D eigenvalue weighted by Crippen LogP contribution is 2.57. The van der Waals surface area contributed by atoms with E-state index in [1.807, 2.05) is 30.4 Å². The standard InChI is InChI=1S/C23H27ClN4O3S/c1-12(2)20-26-27(21(30)16-4-17-15(28(16)20)5-18(24)32-17)10-19(29)25-22-6-13-3-14(7-22)9-23(31,8-13)11-22/h4-5,12-14,31H,3,6-11H2,1-2H3,(H,25,29)/t13-,14?,22?,23?/m0/s1. The van der Waals surface area contributed by atoms with Gasteiger partial charge in [0.15, 0.2) is 0 Å². The van der Waals surface area contributed by atoms with E-state index in [0.717, 1.165) is 48.1 Å². The molecule has 4 fully saturated rings. The van der Waals surface area contributed by atoms with Crippen LogP contribution in [0, 0.1) is 11.8 Å². The SMILES string of the molecule is CC(C)c1nn(CC(=O)NC23CC4C[C@H](CC(O)(C4)C2)C3)c(=O)c2cc3sc(Cl)cc3n12. The van der Waals surface area contributed by atoms with Crippen LogP contribution in [0.2, 0.25) is 4.34 Å². The summed E-state index contributed by atoms with van der Waals surface area (Å²) in [4.78, 5) is 26.4. The second-order valence-electron chi connectivity index (χ2n) is 10.7. The molecule has 32 heavy (non-hydrogen) atoms. The number of hydrogen-bond donors (Lipinski definition) is 2. The zero-order valence-electron chi connectivity index (χ0n) is 18.2. The molecule has 3 aromatic heterocycles. The number of halogens is 1. The number of fused-ring (bicyclic) bond motifs is 3. The Labute approximate surface area is 194 Å². The highest BCUT2D eigenvalue weighted by Gasteiger charge is 2.57. The van der Waals surface area contributed by atoms with Gasteiger partial charge in [-0.15, -0.1) is 11.3 Å². The highest BCUT2D eigenvalue weighted by molar-refractivity contribution is 7.22. The summed E-state index contributed by atoms with van der Waals surface area (Å²) in [6.07, 6.45) is 5.33. The summed E-state index contributed by atoms with van der Waals surface area (Å²) in [5, 5.41) is 18.8. The van der Waals surface area contributed by atoms with E-state index in [1.54, 1.807) is 0 Å². The molecule has 3 heterocycles. The summed E-state index contributed by atoms with van der Waals surface area (Å²) >= 11 is 7.61. The first-order valence-electron chi connectivity index (χ1n) is 11.4. The summed E-state index contributed by atoms with van der Waals surface area (Å²) < 4.78 is 4.76. The van der Waals surface area contributed by atoms with Crippen LogP contribution >= 0.6 is 22.9 Å². The molecule has 4 atom stereocenters. The third-order valence-electron chi connectivity index (χ3n) is 7.61. The number of carbonyl (C=O) groups is 1. The van der Waals surface area contributed by atoms with Crippen LogP contribution in [0.1, 0.15) is 64.1 Å². The monoisotopic (exact) mass is 474 g/mol. The first kappa shape index (κ1) is 20.7. The molecule has 4 bridgehead atoms. The van der Waals surface area contributed by atoms with Crippen LogP contribution in [-0.2, 0) is 11.3 Å². The Hall–Kier alpha value is -1.90. The lowest BCUT2D eigenvalue weighted by molar-refractivity contribution is -0.151. The molecular formula is C23H27ClN4O3S. The molecule has 170 valence electrons. The fourth-order valence-electron chi connectivity index (χ4n) is 7.02. The van der Waals surface area contributed by atoms with Crippen LogP contribution in [-0.4, -0.2) is 36.3 Å². The predicted molar refractivity (Wildman–Crippen MR) is 124 cm³/mol. The fourth-order valence-corrected chi connectivity index (χ4v) is 8.18. The van der Waals surface area contributed by atoms with Gasteiger partial charge in [-0.25, -0.2) is 4.68 Å². The maximum absolute atomic E-state index is 13.2. The Morgan fingerprint density at radius 2 is 2.00 bits per heavy atom. The first-order chi connectivity index (χ1) is 15.1. The zero-order valence-corrected chi connectivity index (χ0v) is 19.8. The average Bonchev–Trinajstić information content (AvgIpc) is 3.17. The van der Waals surface area contributed by atoms with Crippen molar-refractivity contribution in [1.82, 2.24) is 19.5 Å². The lowest BCUT2D eigenvalue weighted by Gasteiger charge is -2.60. The molecule has 1 amide bonds. The number of hydrogen-bond acceptors (Lipinski definition) is 5. The summed E-state index contributed by atoms with van der Waals surface area (Å²) in [5.74, 6) is 1.53. The van der Waals surface area contributed by atoms with E-state index in [9.17, 15) is 14.7 Å². The second kappa shape index (κ2) is 6.81. The van der Waals surface area contributed by atoms with E-state index in [4.69, 9.17) is 11.6 Å². The minimum Gasteiger partial charge on any atom is -0.390 e. The number of thiophene rings is 1. The molecule has 7 rings (SSSR count). The van der Waals surface area contributed by atoms with Crippen molar-refractivity contribution in [2.24, 2.45) is 11.8 Å². The molecule has 7 nitrogen and oxygen atoms in total. The van der Waals surface area contributed by atoms with Gasteiger partial charge in [0.1, 0.15) is 17.9 Å². The summed E-state index contributed by atoms with van der Waals surface area (Å²) in [5.41, 5.74) is 0.113. The van der Waals surface area contributed by atoms with Gasteiger partial charge < -0.3 is 10.4 Å². The molecule has 9 heteroatoms. The van der Waals surface area contributed by atoms with Crippen molar-refractivity contribution >= 4 is 44.6 Å². The van der Waals surface area contributed by atoms with Gasteiger partial charge in [0.25, 0.3) is 5.56 Å². The summed E-state index contributed by atoms with van der Waals surface area (Å²) in [6, 6.07) is 3.70. The molecular weight excluding hydrogens is 448 g/mol. The van der Waals surface area contributed by atoms with Gasteiger partial charge in [0, 0.05) is 11.5 Å². The summed E-state index contributed by atoms with van der Waals surface area (Å²) in [7, 11) is 0. The van der Waals surface area contributed by atoms with Gasteiger partial charge in [-0.2, -0.15) is 5.10 Å². The van der Waals surface area contributed by atoms with Crippen molar-refractivity contribution in [2.75, 3.05) is 0 Å². The van der Waals surface area contributed by atoms with E-state index in [1.165, 1.54) is 16.0 Å². The van der Waals surface area contributed by atoms with Gasteiger partial charge in [-0.1, -0.05) is 25.4 Å². The van der Waals surface area contributed by atoms with Crippen LogP contribution in [0.15, 0.2) is 16.9 Å². The average molecular weight is 475 g/mol. The quantitative estimate of drug-likeness (QED) is 0.603. The Morgan fingerprint density at radius 3 is 2.66 bits per heavy atom. The lowest BCUT2D eigenvalue weighted by Crippen LogP contribution is -2.65. The van der Waals surface area contributed by atoms with Crippen molar-refractivity contribution in [3.63, 3.8) is 0 Å². The Balaban J connectivity index is 1.33. The van der Waals surface area contributed by atoms with Crippen LogP contribution in [0.3, 0.4) is 0 Å². The zero-order chi connectivity index (χ0) is 22.4. The van der Waals surface area contributed by atoms with Crippen LogP contribution < -0.4 is 10.9 Å². The largest absolute Gasteiger partial charge is 0.390 e. The molecule has 3 unspecified atom stereocenters. The molecule has 0 aromatic carbocycles. The molecule has 2 N–H and O–H groups in total. The van der Waals surface area contributed by atoms with E-state index in [0.29, 0.717) is 28.1 Å². The van der Waals surface area contributed by atoms with Gasteiger partial charge in [0.2, 0.25) is 5.91 Å². The van der Waals surface area contributed by atoms with Crippen molar-refractivity contribution in [2.45, 2.75) is 76.0 Å². The molecule has 4 aliphatic rings. The lowest BCUT2D eigenvalue weighted by atomic mass is 9.51. The van der Waals surface area contributed by atoms with Crippen LogP contribution in [0.5, 0.6) is 0 Å². The maximum Gasteiger partial charge on any atom is 0.291 e. The van der Waals surface area contributed by atoms with Gasteiger partial charge in [0.05, 0.1) is 20.2 Å². The number of rotatable bonds is 4. The second-order valence-corrected chi connectivity index (χ2v) is 12.4. The maximum atomic E-state index is 13.2. The Kier molecular flexibility index (Phi) is 4.40. The van der Waals surface area contributed by atoms with E-state index >= 15 is 0 Å². The van der Waals surface area contributed by atoms with E-state index in [-0.39, 0.29) is 29.5 Å². The topological polar surface area (TPSA) is 88.6 Å². The Morgan fingerprint density at radius 1 is 1.28 bits per heavy atom. The van der Waals surface area contributed by atoms with Crippen molar-refractivity contribution in [3.05, 3.63) is 32.6 Å².